The van der Waals surface area contributed by atoms with Gasteiger partial charge in [0.15, 0.2) is 0 Å². The standard InChI is InChI=1S/C13H9Cl2FN2O/c14-7-4-5-9(15)8(6-7)13(19)18-12-10(16)2-1-3-11(12)17/h1-6H,17H2,(H,18,19). The predicted octanol–water partition coefficient (Wildman–Crippen LogP) is 3.97. The lowest BCUT2D eigenvalue weighted by Gasteiger charge is -2.10. The van der Waals surface area contributed by atoms with Crippen LogP contribution < -0.4 is 11.1 Å². The topological polar surface area (TPSA) is 55.1 Å². The Labute approximate surface area is 119 Å². The molecule has 0 aromatic heterocycles. The van der Waals surface area contributed by atoms with E-state index in [2.05, 4.69) is 5.32 Å². The van der Waals surface area contributed by atoms with Crippen LogP contribution in [0, 0.1) is 5.82 Å². The third-order valence-corrected chi connectivity index (χ3v) is 3.02. The van der Waals surface area contributed by atoms with E-state index in [4.69, 9.17) is 28.9 Å². The van der Waals surface area contributed by atoms with Gasteiger partial charge in [-0.25, -0.2) is 4.39 Å². The molecule has 0 unspecified atom stereocenters. The molecule has 6 heteroatoms. The van der Waals surface area contributed by atoms with E-state index in [0.717, 1.165) is 0 Å². The van der Waals surface area contributed by atoms with E-state index in [-0.39, 0.29) is 22.0 Å². The molecule has 2 rings (SSSR count). The Morgan fingerprint density at radius 3 is 2.63 bits per heavy atom. The summed E-state index contributed by atoms with van der Waals surface area (Å²) >= 11 is 11.7. The van der Waals surface area contributed by atoms with Crippen LogP contribution in [0.4, 0.5) is 15.8 Å². The molecule has 0 heterocycles. The van der Waals surface area contributed by atoms with Gasteiger partial charge < -0.3 is 11.1 Å². The number of benzene rings is 2. The van der Waals surface area contributed by atoms with E-state index < -0.39 is 11.7 Å². The summed E-state index contributed by atoms with van der Waals surface area (Å²) in [6.07, 6.45) is 0. The highest BCUT2D eigenvalue weighted by molar-refractivity contribution is 6.36. The van der Waals surface area contributed by atoms with Crippen molar-refractivity contribution in [2.24, 2.45) is 0 Å². The Morgan fingerprint density at radius 2 is 1.95 bits per heavy atom. The van der Waals surface area contributed by atoms with E-state index >= 15 is 0 Å². The number of anilines is 2. The molecule has 0 aliphatic heterocycles. The number of amides is 1. The van der Waals surface area contributed by atoms with Gasteiger partial charge in [0.2, 0.25) is 0 Å². The highest BCUT2D eigenvalue weighted by Gasteiger charge is 2.14. The Balaban J connectivity index is 2.34. The zero-order valence-corrected chi connectivity index (χ0v) is 11.1. The van der Waals surface area contributed by atoms with Crippen LogP contribution in [0.1, 0.15) is 10.4 Å². The molecule has 2 aromatic rings. The third kappa shape index (κ3) is 2.97. The summed E-state index contributed by atoms with van der Waals surface area (Å²) in [4.78, 5) is 12.0. The molecular weight excluding hydrogens is 290 g/mol. The number of hydrogen-bond donors (Lipinski definition) is 2. The number of nitrogens with one attached hydrogen (secondary N) is 1. The molecule has 0 fully saturated rings. The van der Waals surface area contributed by atoms with Gasteiger partial charge in [-0.3, -0.25) is 4.79 Å². The van der Waals surface area contributed by atoms with Crippen LogP contribution in [-0.2, 0) is 0 Å². The molecule has 0 aliphatic rings. The molecule has 1 amide bonds. The van der Waals surface area contributed by atoms with Gasteiger partial charge in [-0.05, 0) is 30.3 Å². The van der Waals surface area contributed by atoms with Gasteiger partial charge >= 0.3 is 0 Å². The number of halogens is 3. The first-order valence-corrected chi connectivity index (χ1v) is 6.05. The molecule has 0 saturated heterocycles. The van der Waals surface area contributed by atoms with Crippen molar-refractivity contribution in [3.63, 3.8) is 0 Å². The minimum absolute atomic E-state index is 0.0801. The summed E-state index contributed by atoms with van der Waals surface area (Å²) in [7, 11) is 0. The molecule has 98 valence electrons. The van der Waals surface area contributed by atoms with E-state index in [1.165, 1.54) is 30.3 Å². The first-order valence-electron chi connectivity index (χ1n) is 5.29. The first kappa shape index (κ1) is 13.6. The average Bonchev–Trinajstić information content (AvgIpc) is 2.37. The van der Waals surface area contributed by atoms with Crippen LogP contribution in [0.2, 0.25) is 10.0 Å². The number of nitrogen functional groups attached to an aromatic ring is 1. The van der Waals surface area contributed by atoms with Gasteiger partial charge in [-0.2, -0.15) is 0 Å². The van der Waals surface area contributed by atoms with Crippen molar-refractivity contribution in [1.29, 1.82) is 0 Å². The molecule has 0 bridgehead atoms. The zero-order valence-electron chi connectivity index (χ0n) is 9.58. The average molecular weight is 299 g/mol. The van der Waals surface area contributed by atoms with E-state index in [9.17, 15) is 9.18 Å². The maximum absolute atomic E-state index is 13.6. The number of hydrogen-bond acceptors (Lipinski definition) is 2. The first-order chi connectivity index (χ1) is 8.99. The summed E-state index contributed by atoms with van der Waals surface area (Å²) in [6.45, 7) is 0. The molecule has 0 atom stereocenters. The van der Waals surface area contributed by atoms with Crippen LogP contribution in [-0.4, -0.2) is 5.91 Å². The maximum atomic E-state index is 13.6. The molecule has 3 N–H and O–H groups in total. The fourth-order valence-electron chi connectivity index (χ4n) is 1.53. The van der Waals surface area contributed by atoms with Crippen LogP contribution in [0.5, 0.6) is 0 Å². The molecule has 0 radical (unpaired) electrons. The number of carbonyl (C=O) groups is 1. The number of carbonyl (C=O) groups excluding carboxylic acids is 1. The van der Waals surface area contributed by atoms with Crippen molar-refractivity contribution in [3.8, 4) is 0 Å². The molecule has 0 spiro atoms. The summed E-state index contributed by atoms with van der Waals surface area (Å²) in [5, 5.41) is 2.96. The maximum Gasteiger partial charge on any atom is 0.257 e. The van der Waals surface area contributed by atoms with Crippen molar-refractivity contribution in [2.75, 3.05) is 11.1 Å². The number of nitrogens with two attached hydrogens (primary N) is 1. The van der Waals surface area contributed by atoms with Crippen LogP contribution in [0.15, 0.2) is 36.4 Å². The van der Waals surface area contributed by atoms with Crippen LogP contribution in [0.3, 0.4) is 0 Å². The molecule has 19 heavy (non-hydrogen) atoms. The van der Waals surface area contributed by atoms with Crippen molar-refractivity contribution in [3.05, 3.63) is 57.8 Å². The van der Waals surface area contributed by atoms with Gasteiger partial charge in [0.25, 0.3) is 5.91 Å². The van der Waals surface area contributed by atoms with Crippen LogP contribution >= 0.6 is 23.2 Å². The normalized spacial score (nSPS) is 10.3. The summed E-state index contributed by atoms with van der Waals surface area (Å²) < 4.78 is 13.6. The van der Waals surface area contributed by atoms with Gasteiger partial charge in [-0.15, -0.1) is 0 Å². The second-order valence-corrected chi connectivity index (χ2v) is 4.63. The fourth-order valence-corrected chi connectivity index (χ4v) is 1.90. The smallest absolute Gasteiger partial charge is 0.257 e. The number of rotatable bonds is 2. The summed E-state index contributed by atoms with van der Waals surface area (Å²) in [5.74, 6) is -1.20. The van der Waals surface area contributed by atoms with Gasteiger partial charge in [0.05, 0.1) is 16.3 Å². The van der Waals surface area contributed by atoms with Crippen molar-refractivity contribution >= 4 is 40.5 Å². The lowest BCUT2D eigenvalue weighted by Crippen LogP contribution is -2.15. The quantitative estimate of drug-likeness (QED) is 0.824. The monoisotopic (exact) mass is 298 g/mol. The molecule has 2 aromatic carbocycles. The minimum Gasteiger partial charge on any atom is -0.397 e. The molecule has 0 saturated carbocycles. The largest absolute Gasteiger partial charge is 0.397 e. The zero-order chi connectivity index (χ0) is 14.0. The van der Waals surface area contributed by atoms with Gasteiger partial charge in [-0.1, -0.05) is 29.3 Å². The Bertz CT molecular complexity index is 626. The minimum atomic E-state index is -0.619. The Hall–Kier alpha value is -1.78. The van der Waals surface area contributed by atoms with Crippen LogP contribution in [0.25, 0.3) is 0 Å². The second kappa shape index (κ2) is 5.47. The lowest BCUT2D eigenvalue weighted by atomic mass is 10.2. The third-order valence-electron chi connectivity index (χ3n) is 2.46. The SMILES string of the molecule is Nc1cccc(F)c1NC(=O)c1cc(Cl)ccc1Cl. The van der Waals surface area contributed by atoms with Gasteiger partial charge in [0, 0.05) is 5.02 Å². The molecule has 3 nitrogen and oxygen atoms in total. The van der Waals surface area contributed by atoms with Crippen molar-refractivity contribution in [1.82, 2.24) is 0 Å². The second-order valence-electron chi connectivity index (χ2n) is 3.78. The molecular formula is C13H9Cl2FN2O. The number of para-hydroxylation sites is 1. The predicted molar refractivity (Wildman–Crippen MR) is 75.2 cm³/mol. The highest BCUT2D eigenvalue weighted by Crippen LogP contribution is 2.25. The molecule has 0 aliphatic carbocycles. The van der Waals surface area contributed by atoms with Crippen molar-refractivity contribution < 1.29 is 9.18 Å². The van der Waals surface area contributed by atoms with E-state index in [1.54, 1.807) is 6.07 Å². The summed E-state index contributed by atoms with van der Waals surface area (Å²) in [5.41, 5.74) is 5.80. The van der Waals surface area contributed by atoms with Crippen molar-refractivity contribution in [2.45, 2.75) is 0 Å². The summed E-state index contributed by atoms with van der Waals surface area (Å²) in [6, 6.07) is 8.58. The Morgan fingerprint density at radius 1 is 1.21 bits per heavy atom. The fraction of sp³-hybridized carbons (Fsp3) is 0. The van der Waals surface area contributed by atoms with E-state index in [0.29, 0.717) is 5.02 Å². The highest BCUT2D eigenvalue weighted by atomic mass is 35.5. The van der Waals surface area contributed by atoms with E-state index in [1.807, 2.05) is 0 Å². The lowest BCUT2D eigenvalue weighted by molar-refractivity contribution is 0.102. The van der Waals surface area contributed by atoms with Gasteiger partial charge in [0.1, 0.15) is 11.5 Å². The Kier molecular flexibility index (Phi) is 3.93.